The number of ether oxygens (including phenoxy) is 2. The summed E-state index contributed by atoms with van der Waals surface area (Å²) in [7, 11) is 3.14. The molecule has 1 aliphatic carbocycles. The predicted octanol–water partition coefficient (Wildman–Crippen LogP) is 2.30. The van der Waals surface area contributed by atoms with Crippen LogP contribution in [0.3, 0.4) is 0 Å². The van der Waals surface area contributed by atoms with Crippen LogP contribution in [0.1, 0.15) is 22.8 Å². The summed E-state index contributed by atoms with van der Waals surface area (Å²) in [6, 6.07) is 3.55. The van der Waals surface area contributed by atoms with Crippen LogP contribution >= 0.6 is 0 Å². The van der Waals surface area contributed by atoms with E-state index in [-0.39, 0.29) is 5.78 Å². The Labute approximate surface area is 88.3 Å². The van der Waals surface area contributed by atoms with Gasteiger partial charge in [-0.1, -0.05) is 0 Å². The Bertz CT molecular complexity index is 458. The molecule has 0 aliphatic heterocycles. The summed E-state index contributed by atoms with van der Waals surface area (Å²) in [5.74, 6) is 1.30. The van der Waals surface area contributed by atoms with E-state index >= 15 is 0 Å². The zero-order valence-electron chi connectivity index (χ0n) is 8.96. The molecule has 1 aliphatic rings. The van der Waals surface area contributed by atoms with Gasteiger partial charge in [0.2, 0.25) is 0 Å². The number of hydrogen-bond donors (Lipinski definition) is 0. The summed E-state index contributed by atoms with van der Waals surface area (Å²) in [5, 5.41) is 0. The molecule has 0 aromatic heterocycles. The Kier molecular flexibility index (Phi) is 2.23. The lowest BCUT2D eigenvalue weighted by Gasteiger charge is -2.09. The highest BCUT2D eigenvalue weighted by molar-refractivity contribution is 6.17. The molecule has 0 saturated heterocycles. The van der Waals surface area contributed by atoms with Crippen molar-refractivity contribution in [2.75, 3.05) is 14.2 Å². The van der Waals surface area contributed by atoms with Crippen LogP contribution in [0, 0.1) is 0 Å². The maximum Gasteiger partial charge on any atom is 0.189 e. The number of rotatable bonds is 2. The van der Waals surface area contributed by atoms with Crippen molar-refractivity contribution in [1.82, 2.24) is 0 Å². The Hall–Kier alpha value is -1.77. The minimum atomic E-state index is 0.0611. The summed E-state index contributed by atoms with van der Waals surface area (Å²) in [6.45, 7) is 1.81. The minimum absolute atomic E-state index is 0.0611. The van der Waals surface area contributed by atoms with Gasteiger partial charge >= 0.3 is 0 Å². The van der Waals surface area contributed by atoms with Gasteiger partial charge in [-0.3, -0.25) is 4.79 Å². The van der Waals surface area contributed by atoms with Crippen molar-refractivity contribution in [3.05, 3.63) is 28.8 Å². The molecule has 1 aromatic carbocycles. The number of allylic oxidation sites excluding steroid dienone is 1. The molecule has 3 heteroatoms. The topological polar surface area (TPSA) is 35.5 Å². The van der Waals surface area contributed by atoms with Crippen molar-refractivity contribution in [3.63, 3.8) is 0 Å². The number of fused-ring (bicyclic) bond motifs is 1. The van der Waals surface area contributed by atoms with E-state index in [4.69, 9.17) is 9.47 Å². The number of ketones is 1. The van der Waals surface area contributed by atoms with E-state index in [1.807, 2.05) is 12.1 Å². The van der Waals surface area contributed by atoms with Crippen LogP contribution in [0.4, 0.5) is 0 Å². The van der Waals surface area contributed by atoms with Crippen LogP contribution in [0.2, 0.25) is 0 Å². The first-order chi connectivity index (χ1) is 7.17. The zero-order valence-corrected chi connectivity index (χ0v) is 8.96. The standard InChI is InChI=1S/C12H12O3/c1-7-4-8-5-10(14-2)11(15-3)6-9(8)12(7)13/h4-6H,1-3H3. The summed E-state index contributed by atoms with van der Waals surface area (Å²) in [6.07, 6.45) is 1.86. The molecule has 0 unspecified atom stereocenters. The Morgan fingerprint density at radius 2 is 1.67 bits per heavy atom. The lowest BCUT2D eigenvalue weighted by atomic mass is 10.1. The smallest absolute Gasteiger partial charge is 0.189 e. The fourth-order valence-electron chi connectivity index (χ4n) is 1.72. The third-order valence-corrected chi connectivity index (χ3v) is 2.53. The van der Waals surface area contributed by atoms with E-state index in [2.05, 4.69) is 0 Å². The fraction of sp³-hybridized carbons (Fsp3) is 0.250. The Balaban J connectivity index is 2.59. The van der Waals surface area contributed by atoms with Crippen LogP contribution in [-0.2, 0) is 0 Å². The number of Topliss-reactive ketones (excluding diaryl/α,β-unsaturated/α-hetero) is 1. The quantitative estimate of drug-likeness (QED) is 0.741. The van der Waals surface area contributed by atoms with Crippen LogP contribution in [0.15, 0.2) is 17.7 Å². The molecule has 0 fully saturated rings. The average Bonchev–Trinajstić information content (AvgIpc) is 2.53. The van der Waals surface area contributed by atoms with E-state index in [1.54, 1.807) is 27.2 Å². The second-order valence-electron chi connectivity index (χ2n) is 3.45. The second-order valence-corrected chi connectivity index (χ2v) is 3.45. The minimum Gasteiger partial charge on any atom is -0.493 e. The van der Waals surface area contributed by atoms with Gasteiger partial charge in [-0.25, -0.2) is 0 Å². The number of methoxy groups -OCH3 is 2. The van der Waals surface area contributed by atoms with Gasteiger partial charge in [-0.2, -0.15) is 0 Å². The van der Waals surface area contributed by atoms with Gasteiger partial charge in [0, 0.05) is 5.56 Å². The predicted molar refractivity (Wildman–Crippen MR) is 57.5 cm³/mol. The largest absolute Gasteiger partial charge is 0.493 e. The van der Waals surface area contributed by atoms with Gasteiger partial charge in [-0.05, 0) is 36.3 Å². The maximum atomic E-state index is 11.7. The summed E-state index contributed by atoms with van der Waals surface area (Å²) in [4.78, 5) is 11.7. The maximum absolute atomic E-state index is 11.7. The first-order valence-corrected chi connectivity index (χ1v) is 4.66. The van der Waals surface area contributed by atoms with Crippen molar-refractivity contribution < 1.29 is 14.3 Å². The van der Waals surface area contributed by atoms with E-state index in [0.717, 1.165) is 11.1 Å². The molecule has 0 saturated carbocycles. The lowest BCUT2D eigenvalue weighted by Crippen LogP contribution is -1.98. The normalized spacial score (nSPS) is 13.5. The second kappa shape index (κ2) is 3.42. The molecule has 0 N–H and O–H groups in total. The SMILES string of the molecule is COc1cc2c(cc1OC)C(=O)C(C)=C2. The molecule has 3 nitrogen and oxygen atoms in total. The van der Waals surface area contributed by atoms with Gasteiger partial charge < -0.3 is 9.47 Å². The van der Waals surface area contributed by atoms with Crippen LogP contribution < -0.4 is 9.47 Å². The van der Waals surface area contributed by atoms with Crippen LogP contribution in [0.25, 0.3) is 6.08 Å². The number of carbonyl (C=O) groups is 1. The molecule has 78 valence electrons. The fourth-order valence-corrected chi connectivity index (χ4v) is 1.72. The van der Waals surface area contributed by atoms with Crippen LogP contribution in [0.5, 0.6) is 11.5 Å². The summed E-state index contributed by atoms with van der Waals surface area (Å²) >= 11 is 0. The molecule has 1 aromatic rings. The van der Waals surface area contributed by atoms with Gasteiger partial charge in [0.25, 0.3) is 0 Å². The number of carbonyl (C=O) groups excluding carboxylic acids is 1. The third-order valence-electron chi connectivity index (χ3n) is 2.53. The summed E-state index contributed by atoms with van der Waals surface area (Å²) < 4.78 is 10.3. The van der Waals surface area contributed by atoms with Gasteiger partial charge in [0.1, 0.15) is 0 Å². The first kappa shape index (κ1) is 9.77. The molecule has 0 heterocycles. The van der Waals surface area contributed by atoms with Gasteiger partial charge in [-0.15, -0.1) is 0 Å². The molecule has 2 rings (SSSR count). The van der Waals surface area contributed by atoms with E-state index in [9.17, 15) is 4.79 Å². The van der Waals surface area contributed by atoms with Crippen molar-refractivity contribution in [3.8, 4) is 11.5 Å². The molecule has 0 amide bonds. The van der Waals surface area contributed by atoms with Crippen molar-refractivity contribution in [2.24, 2.45) is 0 Å². The van der Waals surface area contributed by atoms with Gasteiger partial charge in [0.05, 0.1) is 14.2 Å². The number of hydrogen-bond acceptors (Lipinski definition) is 3. The third kappa shape index (κ3) is 1.40. The van der Waals surface area contributed by atoms with Crippen LogP contribution in [-0.4, -0.2) is 20.0 Å². The molecular weight excluding hydrogens is 192 g/mol. The highest BCUT2D eigenvalue weighted by Crippen LogP contribution is 2.35. The molecular formula is C12H12O3. The first-order valence-electron chi connectivity index (χ1n) is 4.66. The molecule has 0 atom stereocenters. The van der Waals surface area contributed by atoms with Crippen molar-refractivity contribution in [2.45, 2.75) is 6.92 Å². The number of benzene rings is 1. The molecule has 0 spiro atoms. The van der Waals surface area contributed by atoms with Crippen molar-refractivity contribution >= 4 is 11.9 Å². The van der Waals surface area contributed by atoms with E-state index < -0.39 is 0 Å². The van der Waals surface area contributed by atoms with E-state index in [0.29, 0.717) is 17.1 Å². The Morgan fingerprint density at radius 3 is 2.27 bits per heavy atom. The Morgan fingerprint density at radius 1 is 1.07 bits per heavy atom. The monoisotopic (exact) mass is 204 g/mol. The highest BCUT2D eigenvalue weighted by atomic mass is 16.5. The zero-order chi connectivity index (χ0) is 11.0. The molecule has 0 radical (unpaired) electrons. The highest BCUT2D eigenvalue weighted by Gasteiger charge is 2.22. The average molecular weight is 204 g/mol. The van der Waals surface area contributed by atoms with Gasteiger partial charge in [0.15, 0.2) is 17.3 Å². The molecule has 0 bridgehead atoms. The lowest BCUT2D eigenvalue weighted by molar-refractivity contribution is 0.103. The summed E-state index contributed by atoms with van der Waals surface area (Å²) in [5.41, 5.74) is 2.33. The molecule has 15 heavy (non-hydrogen) atoms. The van der Waals surface area contributed by atoms with E-state index in [1.165, 1.54) is 0 Å². The van der Waals surface area contributed by atoms with Crippen molar-refractivity contribution in [1.29, 1.82) is 0 Å².